The average Bonchev–Trinajstić information content (AvgIpc) is 2.83. The minimum atomic E-state index is 0.102. The molecule has 2 N–H and O–H groups in total. The van der Waals surface area contributed by atoms with Gasteiger partial charge in [-0.3, -0.25) is 9.69 Å². The fraction of sp³-hybridized carbons (Fsp3) is 0.533. The predicted octanol–water partition coefficient (Wildman–Crippen LogP) is 1.24. The van der Waals surface area contributed by atoms with Crippen LogP contribution in [0.1, 0.15) is 24.9 Å². The van der Waals surface area contributed by atoms with Crippen LogP contribution in [0.4, 0.5) is 0 Å². The summed E-state index contributed by atoms with van der Waals surface area (Å²) < 4.78 is 0. The molecule has 104 valence electrons. The molecule has 2 rings (SSSR count). The summed E-state index contributed by atoms with van der Waals surface area (Å²) in [7, 11) is 1.87. The maximum absolute atomic E-state index is 12.3. The lowest BCUT2D eigenvalue weighted by molar-refractivity contribution is -0.132. The molecular formula is C15H23N3O. The molecule has 1 heterocycles. The zero-order valence-electron chi connectivity index (χ0n) is 11.7. The van der Waals surface area contributed by atoms with Gasteiger partial charge in [0.15, 0.2) is 0 Å². The molecule has 1 unspecified atom stereocenters. The second-order valence-electron chi connectivity index (χ2n) is 5.38. The van der Waals surface area contributed by atoms with Crippen LogP contribution in [-0.4, -0.2) is 48.4 Å². The Labute approximate surface area is 115 Å². The first-order valence-corrected chi connectivity index (χ1v) is 6.86. The third-order valence-electron chi connectivity index (χ3n) is 3.92. The summed E-state index contributed by atoms with van der Waals surface area (Å²) in [5.41, 5.74) is 7.02. The fourth-order valence-electron chi connectivity index (χ4n) is 2.48. The van der Waals surface area contributed by atoms with Gasteiger partial charge < -0.3 is 10.6 Å². The molecule has 1 aromatic rings. The number of nitrogens with zero attached hydrogens (tertiary/aromatic N) is 2. The van der Waals surface area contributed by atoms with E-state index in [4.69, 9.17) is 5.73 Å². The topological polar surface area (TPSA) is 49.6 Å². The maximum atomic E-state index is 12.3. The Hall–Kier alpha value is -1.39. The van der Waals surface area contributed by atoms with E-state index >= 15 is 0 Å². The van der Waals surface area contributed by atoms with Crippen LogP contribution in [0, 0.1) is 0 Å². The van der Waals surface area contributed by atoms with Crippen molar-refractivity contribution in [2.24, 2.45) is 5.73 Å². The largest absolute Gasteiger partial charge is 0.338 e. The highest BCUT2D eigenvalue weighted by Gasteiger charge is 2.24. The van der Waals surface area contributed by atoms with Gasteiger partial charge in [-0.1, -0.05) is 30.3 Å². The number of carbonyl (C=O) groups excluding carboxylic acids is 1. The number of nitrogens with two attached hydrogens (primary N) is 1. The average molecular weight is 261 g/mol. The molecule has 1 aliphatic rings. The number of hydrogen-bond donors (Lipinski definition) is 1. The summed E-state index contributed by atoms with van der Waals surface area (Å²) >= 11 is 0. The highest BCUT2D eigenvalue weighted by molar-refractivity contribution is 5.78. The summed E-state index contributed by atoms with van der Waals surface area (Å²) in [5.74, 6) is 0.158. The van der Waals surface area contributed by atoms with Gasteiger partial charge in [0.1, 0.15) is 0 Å². The first kappa shape index (κ1) is 14.0. The molecule has 1 amide bonds. The lowest BCUT2D eigenvalue weighted by Crippen LogP contribution is -2.39. The molecule has 0 saturated carbocycles. The number of likely N-dealkylation sites (N-methyl/N-ethyl adjacent to an activating group) is 1. The fourth-order valence-corrected chi connectivity index (χ4v) is 2.48. The second kappa shape index (κ2) is 6.17. The number of likely N-dealkylation sites (tertiary alicyclic amines) is 1. The quantitative estimate of drug-likeness (QED) is 0.887. The Bertz CT molecular complexity index is 421. The summed E-state index contributed by atoms with van der Waals surface area (Å²) in [5, 5.41) is 0. The Kier molecular flexibility index (Phi) is 4.56. The zero-order chi connectivity index (χ0) is 13.8. The molecule has 0 radical (unpaired) electrons. The molecule has 0 aliphatic carbocycles. The summed E-state index contributed by atoms with van der Waals surface area (Å²) in [6.07, 6.45) is 0.991. The van der Waals surface area contributed by atoms with Crippen molar-refractivity contribution in [1.82, 2.24) is 9.80 Å². The summed E-state index contributed by atoms with van der Waals surface area (Å²) in [6.45, 7) is 4.30. The number of carbonyl (C=O) groups is 1. The minimum Gasteiger partial charge on any atom is -0.338 e. The summed E-state index contributed by atoms with van der Waals surface area (Å²) in [4.78, 5) is 16.2. The van der Waals surface area contributed by atoms with E-state index in [9.17, 15) is 4.79 Å². The van der Waals surface area contributed by atoms with Crippen molar-refractivity contribution in [3.63, 3.8) is 0 Å². The van der Waals surface area contributed by atoms with Crippen molar-refractivity contribution in [2.45, 2.75) is 25.4 Å². The number of benzene rings is 1. The van der Waals surface area contributed by atoms with Gasteiger partial charge in [-0.05, 0) is 18.9 Å². The van der Waals surface area contributed by atoms with Crippen LogP contribution < -0.4 is 5.73 Å². The van der Waals surface area contributed by atoms with Gasteiger partial charge in [-0.15, -0.1) is 0 Å². The van der Waals surface area contributed by atoms with Crippen molar-refractivity contribution < 1.29 is 4.79 Å². The zero-order valence-corrected chi connectivity index (χ0v) is 11.7. The lowest BCUT2D eigenvalue weighted by Gasteiger charge is -2.27. The van der Waals surface area contributed by atoms with E-state index in [2.05, 4.69) is 24.0 Å². The predicted molar refractivity (Wildman–Crippen MR) is 76.7 cm³/mol. The molecule has 19 heavy (non-hydrogen) atoms. The molecule has 0 aromatic heterocycles. The molecule has 1 aromatic carbocycles. The SMILES string of the molecule is CC(c1ccccc1)N(C)C(=O)CN1CC[C@@H](N)C1. The van der Waals surface area contributed by atoms with Crippen molar-refractivity contribution in [1.29, 1.82) is 0 Å². The third kappa shape index (κ3) is 3.55. The Morgan fingerprint density at radius 1 is 1.47 bits per heavy atom. The first-order valence-electron chi connectivity index (χ1n) is 6.86. The van der Waals surface area contributed by atoms with Crippen LogP contribution >= 0.6 is 0 Å². The first-order chi connectivity index (χ1) is 9.08. The van der Waals surface area contributed by atoms with E-state index in [1.54, 1.807) is 0 Å². The van der Waals surface area contributed by atoms with Gasteiger partial charge in [0, 0.05) is 26.2 Å². The molecule has 0 spiro atoms. The molecule has 1 fully saturated rings. The second-order valence-corrected chi connectivity index (χ2v) is 5.38. The van der Waals surface area contributed by atoms with Crippen molar-refractivity contribution in [2.75, 3.05) is 26.7 Å². The Balaban J connectivity index is 1.92. The minimum absolute atomic E-state index is 0.102. The van der Waals surface area contributed by atoms with Gasteiger partial charge >= 0.3 is 0 Å². The smallest absolute Gasteiger partial charge is 0.236 e. The summed E-state index contributed by atoms with van der Waals surface area (Å²) in [6, 6.07) is 10.4. The van der Waals surface area contributed by atoms with Gasteiger partial charge in [0.25, 0.3) is 0 Å². The van der Waals surface area contributed by atoms with E-state index in [-0.39, 0.29) is 18.0 Å². The number of amides is 1. The van der Waals surface area contributed by atoms with Gasteiger partial charge in [0.05, 0.1) is 12.6 Å². The van der Waals surface area contributed by atoms with E-state index < -0.39 is 0 Å². The molecule has 0 bridgehead atoms. The standard InChI is InChI=1S/C15H23N3O/c1-12(13-6-4-3-5-7-13)17(2)15(19)11-18-9-8-14(16)10-18/h3-7,12,14H,8-11,16H2,1-2H3/t12?,14-/m1/s1. The van der Waals surface area contributed by atoms with E-state index in [1.807, 2.05) is 30.1 Å². The molecule has 1 saturated heterocycles. The van der Waals surface area contributed by atoms with Crippen molar-refractivity contribution in [3.8, 4) is 0 Å². The molecule has 1 aliphatic heterocycles. The molecular weight excluding hydrogens is 238 g/mol. The van der Waals surface area contributed by atoms with Crippen molar-refractivity contribution >= 4 is 5.91 Å². The lowest BCUT2D eigenvalue weighted by atomic mass is 10.1. The van der Waals surface area contributed by atoms with Gasteiger partial charge in [0.2, 0.25) is 5.91 Å². The normalized spacial score (nSPS) is 21.3. The number of hydrogen-bond acceptors (Lipinski definition) is 3. The Morgan fingerprint density at radius 2 is 2.16 bits per heavy atom. The van der Waals surface area contributed by atoms with Crippen molar-refractivity contribution in [3.05, 3.63) is 35.9 Å². The number of rotatable bonds is 4. The highest BCUT2D eigenvalue weighted by atomic mass is 16.2. The van der Waals surface area contributed by atoms with Crippen LogP contribution in [0.3, 0.4) is 0 Å². The molecule has 4 nitrogen and oxygen atoms in total. The van der Waals surface area contributed by atoms with Crippen LogP contribution in [-0.2, 0) is 4.79 Å². The third-order valence-corrected chi connectivity index (χ3v) is 3.92. The van der Waals surface area contributed by atoms with Crippen LogP contribution in [0.2, 0.25) is 0 Å². The molecule has 4 heteroatoms. The Morgan fingerprint density at radius 3 is 2.74 bits per heavy atom. The monoisotopic (exact) mass is 261 g/mol. The molecule has 2 atom stereocenters. The van der Waals surface area contributed by atoms with Crippen LogP contribution in [0.25, 0.3) is 0 Å². The van der Waals surface area contributed by atoms with Crippen LogP contribution in [0.15, 0.2) is 30.3 Å². The van der Waals surface area contributed by atoms with Crippen LogP contribution in [0.5, 0.6) is 0 Å². The van der Waals surface area contributed by atoms with Gasteiger partial charge in [-0.2, -0.15) is 0 Å². The highest BCUT2D eigenvalue weighted by Crippen LogP contribution is 2.18. The van der Waals surface area contributed by atoms with Gasteiger partial charge in [-0.25, -0.2) is 0 Å². The van der Waals surface area contributed by atoms with E-state index in [0.29, 0.717) is 6.54 Å². The maximum Gasteiger partial charge on any atom is 0.236 e. The van der Waals surface area contributed by atoms with E-state index in [0.717, 1.165) is 25.1 Å². The van der Waals surface area contributed by atoms with E-state index in [1.165, 1.54) is 0 Å².